The van der Waals surface area contributed by atoms with E-state index in [4.69, 9.17) is 5.73 Å². The van der Waals surface area contributed by atoms with Crippen molar-refractivity contribution < 1.29 is 4.79 Å². The monoisotopic (exact) mass is 290 g/mol. The molecule has 1 amide bonds. The Hall–Kier alpha value is -1.75. The van der Waals surface area contributed by atoms with Crippen LogP contribution in [-0.2, 0) is 0 Å². The highest BCUT2D eigenvalue weighted by Gasteiger charge is 2.27. The Bertz CT molecular complexity index is 515. The van der Waals surface area contributed by atoms with Gasteiger partial charge in [-0.15, -0.1) is 0 Å². The quantitative estimate of drug-likeness (QED) is 0.857. The van der Waals surface area contributed by atoms with Crippen molar-refractivity contribution >= 4 is 17.3 Å². The number of nitrogens with two attached hydrogens (primary N) is 1. The maximum atomic E-state index is 12.8. The third kappa shape index (κ3) is 3.29. The molecule has 116 valence electrons. The number of nitrogen functional groups attached to an aromatic ring is 1. The maximum Gasteiger partial charge on any atom is 0.256 e. The molecule has 0 radical (unpaired) electrons. The van der Waals surface area contributed by atoms with E-state index in [1.165, 1.54) is 0 Å². The van der Waals surface area contributed by atoms with Crippen molar-refractivity contribution in [3.63, 3.8) is 0 Å². The van der Waals surface area contributed by atoms with Gasteiger partial charge in [-0.25, -0.2) is 0 Å². The minimum Gasteiger partial charge on any atom is -0.399 e. The largest absolute Gasteiger partial charge is 0.399 e. The fourth-order valence-electron chi connectivity index (χ4n) is 2.93. The Labute approximate surface area is 127 Å². The molecule has 0 bridgehead atoms. The predicted octanol–water partition coefficient (Wildman–Crippen LogP) is 1.50. The lowest BCUT2D eigenvalue weighted by atomic mass is 10.1. The van der Waals surface area contributed by atoms with E-state index in [1.807, 2.05) is 36.0 Å². The molecule has 1 aliphatic heterocycles. The van der Waals surface area contributed by atoms with Crippen molar-refractivity contribution in [3.05, 3.63) is 23.8 Å². The topological polar surface area (TPSA) is 52.8 Å². The molecule has 1 unspecified atom stereocenters. The molecule has 0 aliphatic carbocycles. The summed E-state index contributed by atoms with van der Waals surface area (Å²) in [6.07, 6.45) is 0. The number of hydrogen-bond donors (Lipinski definition) is 1. The minimum absolute atomic E-state index is 0.0774. The van der Waals surface area contributed by atoms with Crippen molar-refractivity contribution in [3.8, 4) is 0 Å². The number of likely N-dealkylation sites (N-methyl/N-ethyl adjacent to an activating group) is 1. The molecule has 21 heavy (non-hydrogen) atoms. The van der Waals surface area contributed by atoms with Gasteiger partial charge in [-0.2, -0.15) is 0 Å². The maximum absolute atomic E-state index is 12.8. The number of hydrogen-bond acceptors (Lipinski definition) is 4. The van der Waals surface area contributed by atoms with Gasteiger partial charge in [0.15, 0.2) is 0 Å². The fraction of sp³-hybridized carbons (Fsp3) is 0.562. The molecule has 1 aromatic rings. The summed E-state index contributed by atoms with van der Waals surface area (Å²) in [4.78, 5) is 19.1. The third-order valence-electron chi connectivity index (χ3n) is 4.19. The van der Waals surface area contributed by atoms with Crippen LogP contribution in [-0.4, -0.2) is 62.0 Å². The molecule has 0 aromatic heterocycles. The molecule has 1 atom stereocenters. The first-order valence-corrected chi connectivity index (χ1v) is 7.54. The highest BCUT2D eigenvalue weighted by atomic mass is 16.2. The van der Waals surface area contributed by atoms with Crippen LogP contribution in [0.5, 0.6) is 0 Å². The Morgan fingerprint density at radius 2 is 2.10 bits per heavy atom. The van der Waals surface area contributed by atoms with Gasteiger partial charge in [0.25, 0.3) is 5.91 Å². The van der Waals surface area contributed by atoms with Crippen LogP contribution in [0.3, 0.4) is 0 Å². The second-order valence-corrected chi connectivity index (χ2v) is 5.90. The Balaban J connectivity index is 2.23. The van der Waals surface area contributed by atoms with Crippen LogP contribution in [0.25, 0.3) is 0 Å². The zero-order valence-electron chi connectivity index (χ0n) is 13.5. The van der Waals surface area contributed by atoms with E-state index in [-0.39, 0.29) is 5.91 Å². The number of anilines is 2. The molecule has 5 heteroatoms. The van der Waals surface area contributed by atoms with E-state index < -0.39 is 0 Å². The fourth-order valence-corrected chi connectivity index (χ4v) is 2.93. The van der Waals surface area contributed by atoms with Crippen molar-refractivity contribution in [2.75, 3.05) is 50.9 Å². The van der Waals surface area contributed by atoms with Gasteiger partial charge in [0, 0.05) is 51.1 Å². The molecule has 1 aromatic carbocycles. The predicted molar refractivity (Wildman–Crippen MR) is 87.8 cm³/mol. The number of benzene rings is 1. The van der Waals surface area contributed by atoms with Gasteiger partial charge in [0.2, 0.25) is 0 Å². The SMILES string of the molecule is CCN1CCN(C(=O)c2cc(N)ccc2N(C)C)CC1C. The standard InChI is InChI=1S/C16H26N4O/c1-5-19-8-9-20(11-12(19)2)16(21)14-10-13(17)6-7-15(14)18(3)4/h6-7,10,12H,5,8-9,11,17H2,1-4H3. The first-order valence-electron chi connectivity index (χ1n) is 7.54. The lowest BCUT2D eigenvalue weighted by Crippen LogP contribution is -2.53. The van der Waals surface area contributed by atoms with Crippen LogP contribution in [0, 0.1) is 0 Å². The molecular weight excluding hydrogens is 264 g/mol. The van der Waals surface area contributed by atoms with Gasteiger partial charge in [0.05, 0.1) is 5.56 Å². The van der Waals surface area contributed by atoms with Crippen LogP contribution in [0.2, 0.25) is 0 Å². The van der Waals surface area contributed by atoms with E-state index in [9.17, 15) is 4.79 Å². The van der Waals surface area contributed by atoms with Gasteiger partial charge in [-0.05, 0) is 31.7 Å². The highest BCUT2D eigenvalue weighted by Crippen LogP contribution is 2.24. The Morgan fingerprint density at radius 1 is 1.38 bits per heavy atom. The van der Waals surface area contributed by atoms with E-state index in [1.54, 1.807) is 6.07 Å². The number of amides is 1. The Morgan fingerprint density at radius 3 is 2.67 bits per heavy atom. The van der Waals surface area contributed by atoms with Crippen molar-refractivity contribution in [2.24, 2.45) is 0 Å². The van der Waals surface area contributed by atoms with Gasteiger partial charge >= 0.3 is 0 Å². The zero-order chi connectivity index (χ0) is 15.6. The average Bonchev–Trinajstić information content (AvgIpc) is 2.45. The average molecular weight is 290 g/mol. The molecule has 2 N–H and O–H groups in total. The molecule has 0 spiro atoms. The number of nitrogens with zero attached hydrogens (tertiary/aromatic N) is 3. The van der Waals surface area contributed by atoms with Gasteiger partial charge in [-0.1, -0.05) is 6.92 Å². The van der Waals surface area contributed by atoms with E-state index in [0.29, 0.717) is 17.3 Å². The molecule has 2 rings (SSSR count). The van der Waals surface area contributed by atoms with Crippen LogP contribution in [0.15, 0.2) is 18.2 Å². The zero-order valence-corrected chi connectivity index (χ0v) is 13.5. The second kappa shape index (κ2) is 6.35. The number of carbonyl (C=O) groups is 1. The van der Waals surface area contributed by atoms with E-state index in [0.717, 1.165) is 31.9 Å². The molecule has 1 fully saturated rings. The van der Waals surface area contributed by atoms with Gasteiger partial charge in [-0.3, -0.25) is 9.69 Å². The molecule has 1 heterocycles. The van der Waals surface area contributed by atoms with Crippen LogP contribution in [0.1, 0.15) is 24.2 Å². The number of piperazine rings is 1. The molecular formula is C16H26N4O. The highest BCUT2D eigenvalue weighted by molar-refractivity contribution is 6.00. The van der Waals surface area contributed by atoms with E-state index >= 15 is 0 Å². The Kier molecular flexibility index (Phi) is 4.73. The summed E-state index contributed by atoms with van der Waals surface area (Å²) in [7, 11) is 3.89. The van der Waals surface area contributed by atoms with Crippen LogP contribution < -0.4 is 10.6 Å². The number of carbonyl (C=O) groups excluding carboxylic acids is 1. The molecule has 5 nitrogen and oxygen atoms in total. The lowest BCUT2D eigenvalue weighted by molar-refractivity contribution is 0.0529. The van der Waals surface area contributed by atoms with Crippen molar-refractivity contribution in [1.29, 1.82) is 0 Å². The summed E-state index contributed by atoms with van der Waals surface area (Å²) in [6, 6.07) is 5.93. The van der Waals surface area contributed by atoms with Gasteiger partial charge < -0.3 is 15.5 Å². The molecule has 1 aliphatic rings. The van der Waals surface area contributed by atoms with Crippen molar-refractivity contribution in [1.82, 2.24) is 9.80 Å². The summed E-state index contributed by atoms with van der Waals surface area (Å²) < 4.78 is 0. The third-order valence-corrected chi connectivity index (χ3v) is 4.19. The number of rotatable bonds is 3. The second-order valence-electron chi connectivity index (χ2n) is 5.90. The normalized spacial score (nSPS) is 19.6. The van der Waals surface area contributed by atoms with Crippen LogP contribution in [0.4, 0.5) is 11.4 Å². The molecule has 0 saturated carbocycles. The lowest BCUT2D eigenvalue weighted by Gasteiger charge is -2.39. The minimum atomic E-state index is 0.0774. The first kappa shape index (κ1) is 15.6. The molecule has 1 saturated heterocycles. The summed E-state index contributed by atoms with van der Waals surface area (Å²) >= 11 is 0. The smallest absolute Gasteiger partial charge is 0.256 e. The summed E-state index contributed by atoms with van der Waals surface area (Å²) in [6.45, 7) is 7.85. The first-order chi connectivity index (χ1) is 9.93. The van der Waals surface area contributed by atoms with E-state index in [2.05, 4.69) is 18.7 Å². The van der Waals surface area contributed by atoms with Crippen LogP contribution >= 0.6 is 0 Å². The summed E-state index contributed by atoms with van der Waals surface area (Å²) in [5.41, 5.74) is 8.11. The van der Waals surface area contributed by atoms with Gasteiger partial charge in [0.1, 0.15) is 0 Å². The van der Waals surface area contributed by atoms with Crippen molar-refractivity contribution in [2.45, 2.75) is 19.9 Å². The summed E-state index contributed by atoms with van der Waals surface area (Å²) in [5.74, 6) is 0.0774. The summed E-state index contributed by atoms with van der Waals surface area (Å²) in [5, 5.41) is 0.